The number of carbonyl (C=O) groups is 2. The zero-order valence-electron chi connectivity index (χ0n) is 19.7. The maximum Gasteiger partial charge on any atom is 0.291 e. The maximum absolute atomic E-state index is 12.6. The molecule has 2 aromatic heterocycles. The summed E-state index contributed by atoms with van der Waals surface area (Å²) < 4.78 is 12.5. The Kier molecular flexibility index (Phi) is 8.06. The Labute approximate surface area is 198 Å². The second-order valence-electron chi connectivity index (χ2n) is 7.98. The number of nitrogens with one attached hydrogen (secondary N) is 2. The molecule has 0 bridgehead atoms. The highest BCUT2D eigenvalue weighted by Crippen LogP contribution is 2.23. The summed E-state index contributed by atoms with van der Waals surface area (Å²) in [4.78, 5) is 24.7. The quantitative estimate of drug-likeness (QED) is 0.364. The Morgan fingerprint density at radius 2 is 1.97 bits per heavy atom. The third kappa shape index (κ3) is 5.82. The first-order chi connectivity index (χ1) is 16.3. The van der Waals surface area contributed by atoms with Crippen LogP contribution in [0.1, 0.15) is 46.0 Å². The van der Waals surface area contributed by atoms with Crippen molar-refractivity contribution >= 4 is 23.6 Å². The van der Waals surface area contributed by atoms with E-state index in [0.29, 0.717) is 12.3 Å². The molecule has 0 aliphatic heterocycles. The number of furan rings is 1. The maximum atomic E-state index is 12.6. The smallest absolute Gasteiger partial charge is 0.291 e. The van der Waals surface area contributed by atoms with Crippen LogP contribution in [0.2, 0.25) is 0 Å². The zero-order valence-corrected chi connectivity index (χ0v) is 19.7. The number of aromatic nitrogens is 1. The normalized spacial score (nSPS) is 12.1. The predicted molar refractivity (Wildman–Crippen MR) is 129 cm³/mol. The molecule has 3 aromatic rings. The molecular weight excluding hydrogens is 432 g/mol. The molecule has 3 rings (SSSR count). The summed E-state index contributed by atoms with van der Waals surface area (Å²) in [6, 6.07) is 14.4. The number of anilines is 1. The molecule has 0 aliphatic rings. The van der Waals surface area contributed by atoms with Crippen molar-refractivity contribution in [3.8, 4) is 6.07 Å². The van der Waals surface area contributed by atoms with Crippen molar-refractivity contribution in [1.29, 1.82) is 5.26 Å². The van der Waals surface area contributed by atoms with Crippen LogP contribution in [0.5, 0.6) is 0 Å². The van der Waals surface area contributed by atoms with Crippen molar-refractivity contribution in [2.45, 2.75) is 33.4 Å². The van der Waals surface area contributed by atoms with Crippen molar-refractivity contribution in [3.63, 3.8) is 0 Å². The van der Waals surface area contributed by atoms with Gasteiger partial charge >= 0.3 is 0 Å². The molecular formula is C26H28N4O4. The minimum atomic E-state index is -0.451. The number of carbonyl (C=O) groups excluding carboxylic acids is 2. The van der Waals surface area contributed by atoms with Crippen LogP contribution in [-0.4, -0.2) is 30.1 Å². The van der Waals surface area contributed by atoms with E-state index in [4.69, 9.17) is 9.15 Å². The Hall–Kier alpha value is -4.09. The molecule has 0 spiro atoms. The SMILES string of the molecule is COCC(C)n1c(C)cc(/C=C(/C#N)C(=O)NCc2ccc(NC(=O)c3ccco3)cc2)c1C. The minimum absolute atomic E-state index is 0.0296. The first-order valence-electron chi connectivity index (χ1n) is 10.8. The van der Waals surface area contributed by atoms with E-state index in [0.717, 1.165) is 22.5 Å². The van der Waals surface area contributed by atoms with Crippen molar-refractivity contribution < 1.29 is 18.7 Å². The Bertz CT molecular complexity index is 1210. The summed E-state index contributed by atoms with van der Waals surface area (Å²) >= 11 is 0. The third-order valence-corrected chi connectivity index (χ3v) is 5.45. The van der Waals surface area contributed by atoms with Gasteiger partial charge in [-0.05, 0) is 68.3 Å². The largest absolute Gasteiger partial charge is 0.459 e. The van der Waals surface area contributed by atoms with Crippen LogP contribution in [-0.2, 0) is 16.1 Å². The van der Waals surface area contributed by atoms with Crippen LogP contribution in [0.4, 0.5) is 5.69 Å². The van der Waals surface area contributed by atoms with E-state index in [1.807, 2.05) is 26.0 Å². The fraction of sp³-hybridized carbons (Fsp3) is 0.269. The van der Waals surface area contributed by atoms with E-state index in [2.05, 4.69) is 22.1 Å². The number of hydrogen-bond acceptors (Lipinski definition) is 5. The van der Waals surface area contributed by atoms with Gasteiger partial charge in [-0.25, -0.2) is 0 Å². The van der Waals surface area contributed by atoms with Gasteiger partial charge in [0.2, 0.25) is 0 Å². The van der Waals surface area contributed by atoms with Crippen molar-refractivity contribution in [3.05, 3.63) is 82.6 Å². The van der Waals surface area contributed by atoms with Gasteiger partial charge in [0.1, 0.15) is 11.6 Å². The van der Waals surface area contributed by atoms with Crippen LogP contribution < -0.4 is 10.6 Å². The molecule has 34 heavy (non-hydrogen) atoms. The molecule has 1 atom stereocenters. The molecule has 0 radical (unpaired) electrons. The summed E-state index contributed by atoms with van der Waals surface area (Å²) in [5.74, 6) is -0.570. The number of amides is 2. The number of nitriles is 1. The highest BCUT2D eigenvalue weighted by atomic mass is 16.5. The van der Waals surface area contributed by atoms with E-state index in [1.54, 1.807) is 49.6 Å². The van der Waals surface area contributed by atoms with Gasteiger partial charge in [-0.3, -0.25) is 9.59 Å². The number of nitrogens with zero attached hydrogens (tertiary/aromatic N) is 2. The lowest BCUT2D eigenvalue weighted by Gasteiger charge is -2.17. The molecule has 2 N–H and O–H groups in total. The molecule has 1 aromatic carbocycles. The molecule has 0 saturated heterocycles. The van der Waals surface area contributed by atoms with Gasteiger partial charge in [0.25, 0.3) is 11.8 Å². The molecule has 8 nitrogen and oxygen atoms in total. The van der Waals surface area contributed by atoms with Crippen LogP contribution in [0.15, 0.2) is 58.7 Å². The molecule has 8 heteroatoms. The van der Waals surface area contributed by atoms with Gasteiger partial charge in [0.05, 0.1) is 18.9 Å². The summed E-state index contributed by atoms with van der Waals surface area (Å²) in [5, 5.41) is 15.1. The standard InChI is InChI=1S/C26H28N4O4/c1-17-12-21(19(3)30(17)18(2)16-33-4)13-22(14-27)25(31)28-15-20-7-9-23(10-8-20)29-26(32)24-6-5-11-34-24/h5-13,18H,15-16H2,1-4H3,(H,28,31)(H,29,32)/b22-13-. The van der Waals surface area contributed by atoms with Crippen molar-refractivity contribution in [1.82, 2.24) is 9.88 Å². The number of rotatable bonds is 9. The number of hydrogen-bond donors (Lipinski definition) is 2. The fourth-order valence-corrected chi connectivity index (χ4v) is 3.83. The average molecular weight is 461 g/mol. The fourth-order valence-electron chi connectivity index (χ4n) is 3.83. The number of benzene rings is 1. The third-order valence-electron chi connectivity index (χ3n) is 5.45. The van der Waals surface area contributed by atoms with E-state index in [-0.39, 0.29) is 29.8 Å². The topological polar surface area (TPSA) is 109 Å². The monoisotopic (exact) mass is 460 g/mol. The van der Waals surface area contributed by atoms with Gasteiger partial charge in [0.15, 0.2) is 5.76 Å². The number of aryl methyl sites for hydroxylation is 1. The van der Waals surface area contributed by atoms with Gasteiger partial charge in [-0.2, -0.15) is 5.26 Å². The summed E-state index contributed by atoms with van der Waals surface area (Å²) in [6.45, 7) is 6.82. The van der Waals surface area contributed by atoms with Gasteiger partial charge < -0.3 is 24.4 Å². The van der Waals surface area contributed by atoms with Crippen LogP contribution in [0, 0.1) is 25.2 Å². The molecule has 0 saturated carbocycles. The lowest BCUT2D eigenvalue weighted by molar-refractivity contribution is -0.117. The highest BCUT2D eigenvalue weighted by Gasteiger charge is 2.16. The van der Waals surface area contributed by atoms with Crippen LogP contribution in [0.3, 0.4) is 0 Å². The molecule has 176 valence electrons. The van der Waals surface area contributed by atoms with Crippen LogP contribution in [0.25, 0.3) is 6.08 Å². The lowest BCUT2D eigenvalue weighted by atomic mass is 10.1. The molecule has 0 fully saturated rings. The van der Waals surface area contributed by atoms with Gasteiger partial charge in [-0.15, -0.1) is 0 Å². The zero-order chi connectivity index (χ0) is 24.7. The molecule has 2 amide bonds. The van der Waals surface area contributed by atoms with Gasteiger partial charge in [-0.1, -0.05) is 12.1 Å². The van der Waals surface area contributed by atoms with Crippen LogP contribution >= 0.6 is 0 Å². The highest BCUT2D eigenvalue weighted by molar-refractivity contribution is 6.02. The van der Waals surface area contributed by atoms with E-state index in [9.17, 15) is 14.9 Å². The number of methoxy groups -OCH3 is 1. The molecule has 2 heterocycles. The predicted octanol–water partition coefficient (Wildman–Crippen LogP) is 4.38. The average Bonchev–Trinajstić information content (AvgIpc) is 3.45. The minimum Gasteiger partial charge on any atom is -0.459 e. The van der Waals surface area contributed by atoms with Crippen molar-refractivity contribution in [2.24, 2.45) is 0 Å². The summed E-state index contributed by atoms with van der Waals surface area (Å²) in [6.07, 6.45) is 3.05. The Morgan fingerprint density at radius 3 is 2.59 bits per heavy atom. The van der Waals surface area contributed by atoms with E-state index < -0.39 is 5.91 Å². The summed E-state index contributed by atoms with van der Waals surface area (Å²) in [7, 11) is 1.66. The Morgan fingerprint density at radius 1 is 1.24 bits per heavy atom. The first-order valence-corrected chi connectivity index (χ1v) is 10.8. The van der Waals surface area contributed by atoms with E-state index in [1.165, 1.54) is 6.26 Å². The van der Waals surface area contributed by atoms with Gasteiger partial charge in [0, 0.05) is 30.7 Å². The lowest BCUT2D eigenvalue weighted by Crippen LogP contribution is -2.24. The first kappa shape index (κ1) is 24.6. The molecule has 0 aliphatic carbocycles. The van der Waals surface area contributed by atoms with E-state index >= 15 is 0 Å². The number of ether oxygens (including phenoxy) is 1. The molecule has 1 unspecified atom stereocenters. The summed E-state index contributed by atoms with van der Waals surface area (Å²) in [5.41, 5.74) is 4.28. The second kappa shape index (κ2) is 11.2. The second-order valence-corrected chi connectivity index (χ2v) is 7.98. The Balaban J connectivity index is 1.63. The van der Waals surface area contributed by atoms with Crippen molar-refractivity contribution in [2.75, 3.05) is 19.0 Å².